The van der Waals surface area contributed by atoms with Crippen LogP contribution in [0.4, 0.5) is 0 Å². The Kier molecular flexibility index (Phi) is 5.20. The van der Waals surface area contributed by atoms with Crippen molar-refractivity contribution in [2.24, 2.45) is 0 Å². The third-order valence-electron chi connectivity index (χ3n) is 3.10. The van der Waals surface area contributed by atoms with Gasteiger partial charge in [0.2, 0.25) is 0 Å². The molecular formula is C12H24N2. The van der Waals surface area contributed by atoms with Gasteiger partial charge in [0.1, 0.15) is 0 Å². The van der Waals surface area contributed by atoms with E-state index in [1.54, 1.807) is 0 Å². The standard InChI is InChI=1S/C12H24N2/c1-4-14(10-11(2)9-13-3)12-7-5-6-8-12/h12-13H,2,4-10H2,1,3H3. The van der Waals surface area contributed by atoms with Crippen LogP contribution in [-0.4, -0.2) is 37.6 Å². The van der Waals surface area contributed by atoms with Crippen molar-refractivity contribution in [3.05, 3.63) is 12.2 Å². The Hall–Kier alpha value is -0.340. The molecule has 1 N–H and O–H groups in total. The molecular weight excluding hydrogens is 172 g/mol. The zero-order valence-corrected chi connectivity index (χ0v) is 9.68. The predicted octanol–water partition coefficient (Wildman–Crippen LogP) is 2.03. The molecule has 0 spiro atoms. The van der Waals surface area contributed by atoms with Crippen LogP contribution >= 0.6 is 0 Å². The molecule has 0 bridgehead atoms. The van der Waals surface area contributed by atoms with Crippen LogP contribution in [-0.2, 0) is 0 Å². The molecule has 0 saturated heterocycles. The topological polar surface area (TPSA) is 15.3 Å². The molecule has 0 radical (unpaired) electrons. The summed E-state index contributed by atoms with van der Waals surface area (Å²) in [6, 6.07) is 0.827. The molecule has 0 aliphatic heterocycles. The Balaban J connectivity index is 2.33. The second-order valence-electron chi connectivity index (χ2n) is 4.28. The largest absolute Gasteiger partial charge is 0.316 e. The molecule has 0 aromatic carbocycles. The third kappa shape index (κ3) is 3.43. The van der Waals surface area contributed by atoms with E-state index in [4.69, 9.17) is 0 Å². The Morgan fingerprint density at radius 3 is 2.57 bits per heavy atom. The van der Waals surface area contributed by atoms with Crippen molar-refractivity contribution < 1.29 is 0 Å². The molecule has 0 aromatic rings. The molecule has 1 saturated carbocycles. The SMILES string of the molecule is C=C(CNC)CN(CC)C1CCCC1. The minimum atomic E-state index is 0.827. The molecule has 2 heteroatoms. The third-order valence-corrected chi connectivity index (χ3v) is 3.10. The van der Waals surface area contributed by atoms with Gasteiger partial charge < -0.3 is 5.32 Å². The fourth-order valence-electron chi connectivity index (χ4n) is 2.36. The van der Waals surface area contributed by atoms with E-state index in [-0.39, 0.29) is 0 Å². The molecule has 0 amide bonds. The van der Waals surface area contributed by atoms with Crippen LogP contribution in [0.25, 0.3) is 0 Å². The lowest BCUT2D eigenvalue weighted by atomic mass is 10.2. The van der Waals surface area contributed by atoms with Gasteiger partial charge in [-0.1, -0.05) is 26.3 Å². The van der Waals surface area contributed by atoms with Crippen molar-refractivity contribution in [3.63, 3.8) is 0 Å². The molecule has 1 fully saturated rings. The van der Waals surface area contributed by atoms with Gasteiger partial charge in [-0.05, 0) is 32.0 Å². The maximum Gasteiger partial charge on any atom is 0.0205 e. The van der Waals surface area contributed by atoms with Gasteiger partial charge in [0, 0.05) is 19.1 Å². The van der Waals surface area contributed by atoms with Crippen LogP contribution in [0, 0.1) is 0 Å². The van der Waals surface area contributed by atoms with E-state index in [0.717, 1.165) is 25.7 Å². The molecule has 0 atom stereocenters. The van der Waals surface area contributed by atoms with E-state index in [1.807, 2.05) is 7.05 Å². The van der Waals surface area contributed by atoms with Crippen molar-refractivity contribution in [2.45, 2.75) is 38.6 Å². The number of rotatable bonds is 6. The summed E-state index contributed by atoms with van der Waals surface area (Å²) in [4.78, 5) is 2.58. The molecule has 1 aliphatic rings. The highest BCUT2D eigenvalue weighted by Gasteiger charge is 2.21. The first-order chi connectivity index (χ1) is 6.77. The maximum atomic E-state index is 4.10. The number of likely N-dealkylation sites (N-methyl/N-ethyl adjacent to an activating group) is 2. The van der Waals surface area contributed by atoms with Crippen molar-refractivity contribution in [1.82, 2.24) is 10.2 Å². The summed E-state index contributed by atoms with van der Waals surface area (Å²) in [5.74, 6) is 0. The van der Waals surface area contributed by atoms with Crippen molar-refractivity contribution in [3.8, 4) is 0 Å². The Morgan fingerprint density at radius 1 is 1.43 bits per heavy atom. The first kappa shape index (κ1) is 11.7. The number of hydrogen-bond acceptors (Lipinski definition) is 2. The monoisotopic (exact) mass is 196 g/mol. The van der Waals surface area contributed by atoms with Crippen LogP contribution < -0.4 is 5.32 Å². The van der Waals surface area contributed by atoms with Gasteiger partial charge in [-0.2, -0.15) is 0 Å². The summed E-state index contributed by atoms with van der Waals surface area (Å²) in [7, 11) is 1.98. The molecule has 1 aliphatic carbocycles. The molecule has 82 valence electrons. The maximum absolute atomic E-state index is 4.10. The highest BCUT2D eigenvalue weighted by molar-refractivity contribution is 5.00. The number of nitrogens with zero attached hydrogens (tertiary/aromatic N) is 1. The Morgan fingerprint density at radius 2 is 2.07 bits per heavy atom. The van der Waals surface area contributed by atoms with E-state index in [2.05, 4.69) is 23.7 Å². The summed E-state index contributed by atoms with van der Waals surface area (Å²) >= 11 is 0. The summed E-state index contributed by atoms with van der Waals surface area (Å²) in [5, 5.41) is 3.16. The minimum Gasteiger partial charge on any atom is -0.316 e. The van der Waals surface area contributed by atoms with Crippen molar-refractivity contribution in [2.75, 3.05) is 26.7 Å². The van der Waals surface area contributed by atoms with E-state index in [0.29, 0.717) is 0 Å². The van der Waals surface area contributed by atoms with E-state index in [9.17, 15) is 0 Å². The molecule has 1 rings (SSSR count). The first-order valence-corrected chi connectivity index (χ1v) is 5.83. The van der Waals surface area contributed by atoms with Gasteiger partial charge in [0.25, 0.3) is 0 Å². The average molecular weight is 196 g/mol. The summed E-state index contributed by atoms with van der Waals surface area (Å²) in [6.07, 6.45) is 5.61. The van der Waals surface area contributed by atoms with Gasteiger partial charge in [-0.15, -0.1) is 0 Å². The fraction of sp³-hybridized carbons (Fsp3) is 0.833. The van der Waals surface area contributed by atoms with Crippen LogP contribution in [0.2, 0.25) is 0 Å². The summed E-state index contributed by atoms with van der Waals surface area (Å²) in [5.41, 5.74) is 1.31. The molecule has 0 unspecified atom stereocenters. The van der Waals surface area contributed by atoms with Crippen LogP contribution in [0.1, 0.15) is 32.6 Å². The second kappa shape index (κ2) is 6.20. The quantitative estimate of drug-likeness (QED) is 0.654. The lowest BCUT2D eigenvalue weighted by Gasteiger charge is -2.28. The molecule has 0 heterocycles. The van der Waals surface area contributed by atoms with Gasteiger partial charge >= 0.3 is 0 Å². The highest BCUT2D eigenvalue weighted by Crippen LogP contribution is 2.23. The van der Waals surface area contributed by atoms with Crippen LogP contribution in [0.3, 0.4) is 0 Å². The Bertz CT molecular complexity index is 171. The van der Waals surface area contributed by atoms with Gasteiger partial charge in [-0.25, -0.2) is 0 Å². The highest BCUT2D eigenvalue weighted by atomic mass is 15.2. The fourth-order valence-corrected chi connectivity index (χ4v) is 2.36. The van der Waals surface area contributed by atoms with Crippen LogP contribution in [0.5, 0.6) is 0 Å². The lowest BCUT2D eigenvalue weighted by Crippen LogP contribution is -2.35. The van der Waals surface area contributed by atoms with Crippen LogP contribution in [0.15, 0.2) is 12.2 Å². The summed E-state index contributed by atoms with van der Waals surface area (Å²) < 4.78 is 0. The van der Waals surface area contributed by atoms with Gasteiger partial charge in [0.15, 0.2) is 0 Å². The number of nitrogens with one attached hydrogen (secondary N) is 1. The normalized spacial score (nSPS) is 17.9. The first-order valence-electron chi connectivity index (χ1n) is 5.83. The predicted molar refractivity (Wildman–Crippen MR) is 62.6 cm³/mol. The molecule has 2 nitrogen and oxygen atoms in total. The van der Waals surface area contributed by atoms with Gasteiger partial charge in [-0.3, -0.25) is 4.90 Å². The minimum absolute atomic E-state index is 0.827. The smallest absolute Gasteiger partial charge is 0.0205 e. The molecule has 0 aromatic heterocycles. The number of hydrogen-bond donors (Lipinski definition) is 1. The zero-order chi connectivity index (χ0) is 10.4. The Labute approximate surface area is 88.4 Å². The van der Waals surface area contributed by atoms with E-state index in [1.165, 1.54) is 31.3 Å². The van der Waals surface area contributed by atoms with E-state index >= 15 is 0 Å². The summed E-state index contributed by atoms with van der Waals surface area (Å²) in [6.45, 7) is 9.53. The average Bonchev–Trinajstić information content (AvgIpc) is 2.67. The van der Waals surface area contributed by atoms with E-state index < -0.39 is 0 Å². The van der Waals surface area contributed by atoms with Crippen molar-refractivity contribution >= 4 is 0 Å². The second-order valence-corrected chi connectivity index (χ2v) is 4.28. The van der Waals surface area contributed by atoms with Crippen molar-refractivity contribution in [1.29, 1.82) is 0 Å². The molecule has 14 heavy (non-hydrogen) atoms. The lowest BCUT2D eigenvalue weighted by molar-refractivity contribution is 0.226. The zero-order valence-electron chi connectivity index (χ0n) is 9.68. The van der Waals surface area contributed by atoms with Gasteiger partial charge in [0.05, 0.1) is 0 Å².